The Morgan fingerprint density at radius 2 is 1.92 bits per heavy atom. The van der Waals surface area contributed by atoms with E-state index in [1.54, 1.807) is 0 Å². The predicted octanol–water partition coefficient (Wildman–Crippen LogP) is 3.42. The zero-order valence-corrected chi connectivity index (χ0v) is 9.00. The lowest BCUT2D eigenvalue weighted by Gasteiger charge is -1.93. The zero-order valence-electron chi connectivity index (χ0n) is 9.00. The Kier molecular flexibility index (Phi) is 9.12. The van der Waals surface area contributed by atoms with Crippen LogP contribution in [0.4, 0.5) is 0 Å². The van der Waals surface area contributed by atoms with Gasteiger partial charge in [0.25, 0.3) is 0 Å². The fourth-order valence-electron chi connectivity index (χ4n) is 1.10. The third-order valence-corrected chi connectivity index (χ3v) is 1.89. The van der Waals surface area contributed by atoms with Gasteiger partial charge in [0.05, 0.1) is 0 Å². The van der Waals surface area contributed by atoms with E-state index in [4.69, 9.17) is 5.73 Å². The van der Waals surface area contributed by atoms with Crippen LogP contribution in [-0.2, 0) is 0 Å². The first-order chi connectivity index (χ1) is 6.27. The highest BCUT2D eigenvalue weighted by molar-refractivity contribution is 5.04. The molecule has 0 radical (unpaired) electrons. The number of nitrogens with two attached hydrogens (primary N) is 1. The van der Waals surface area contributed by atoms with E-state index in [2.05, 4.69) is 19.1 Å². The molecule has 2 N–H and O–H groups in total. The normalized spacial score (nSPS) is 14.4. The molecule has 1 nitrogen and oxygen atoms in total. The molecule has 0 fully saturated rings. The molecule has 0 aliphatic rings. The van der Waals surface area contributed by atoms with Crippen molar-refractivity contribution < 1.29 is 0 Å². The van der Waals surface area contributed by atoms with Gasteiger partial charge >= 0.3 is 0 Å². The fraction of sp³-hybridized carbons (Fsp3) is 0.667. The van der Waals surface area contributed by atoms with E-state index in [-0.39, 0.29) is 6.04 Å². The monoisotopic (exact) mass is 181 g/mol. The van der Waals surface area contributed by atoms with Crippen LogP contribution in [0.5, 0.6) is 0 Å². The van der Waals surface area contributed by atoms with Gasteiger partial charge in [-0.2, -0.15) is 0 Å². The van der Waals surface area contributed by atoms with Gasteiger partial charge in [-0.15, -0.1) is 0 Å². The number of rotatable bonds is 7. The molecule has 0 bridgehead atoms. The van der Waals surface area contributed by atoms with E-state index in [0.29, 0.717) is 0 Å². The largest absolute Gasteiger partial charge is 0.325 e. The minimum Gasteiger partial charge on any atom is -0.325 e. The number of unbranched alkanes of at least 4 members (excludes halogenated alkanes) is 4. The van der Waals surface area contributed by atoms with Crippen LogP contribution in [0.25, 0.3) is 0 Å². The Balaban J connectivity index is 3.21. The summed E-state index contributed by atoms with van der Waals surface area (Å²) in [6.45, 7) is 4.22. The highest BCUT2D eigenvalue weighted by Crippen LogP contribution is 2.02. The quantitative estimate of drug-likeness (QED) is 0.472. The molecule has 0 aliphatic carbocycles. The first-order valence-corrected chi connectivity index (χ1v) is 5.36. The van der Waals surface area contributed by atoms with Crippen molar-refractivity contribution in [3.63, 3.8) is 0 Å². The SMILES string of the molecule is CCCCCC/C=C\C=C\C(C)N. The van der Waals surface area contributed by atoms with Crippen LogP contribution in [0.3, 0.4) is 0 Å². The van der Waals surface area contributed by atoms with E-state index in [1.807, 2.05) is 19.1 Å². The van der Waals surface area contributed by atoms with Gasteiger partial charge in [0, 0.05) is 6.04 Å². The smallest absolute Gasteiger partial charge is 0.0197 e. The summed E-state index contributed by atoms with van der Waals surface area (Å²) in [6, 6.07) is 0.171. The van der Waals surface area contributed by atoms with Crippen LogP contribution in [0.15, 0.2) is 24.3 Å². The summed E-state index contributed by atoms with van der Waals surface area (Å²) in [5.41, 5.74) is 5.55. The fourth-order valence-corrected chi connectivity index (χ4v) is 1.10. The molecule has 0 rings (SSSR count). The Bertz CT molecular complexity index is 145. The molecule has 1 unspecified atom stereocenters. The van der Waals surface area contributed by atoms with Gasteiger partial charge in [0.1, 0.15) is 0 Å². The molecule has 0 aromatic rings. The van der Waals surface area contributed by atoms with Gasteiger partial charge in [0.2, 0.25) is 0 Å². The molecule has 0 aliphatic heterocycles. The molecule has 13 heavy (non-hydrogen) atoms. The second-order valence-corrected chi connectivity index (χ2v) is 3.52. The van der Waals surface area contributed by atoms with Crippen molar-refractivity contribution in [3.05, 3.63) is 24.3 Å². The van der Waals surface area contributed by atoms with Crippen molar-refractivity contribution in [2.45, 2.75) is 52.0 Å². The Labute approximate surface area is 82.7 Å². The first kappa shape index (κ1) is 12.4. The van der Waals surface area contributed by atoms with E-state index in [0.717, 1.165) is 0 Å². The average molecular weight is 181 g/mol. The van der Waals surface area contributed by atoms with Crippen molar-refractivity contribution in [3.8, 4) is 0 Å². The predicted molar refractivity (Wildman–Crippen MR) is 60.7 cm³/mol. The summed E-state index contributed by atoms with van der Waals surface area (Å²) >= 11 is 0. The van der Waals surface area contributed by atoms with Crippen molar-refractivity contribution in [2.75, 3.05) is 0 Å². The number of hydrogen-bond acceptors (Lipinski definition) is 1. The maximum atomic E-state index is 5.55. The Morgan fingerprint density at radius 3 is 2.54 bits per heavy atom. The molecular weight excluding hydrogens is 158 g/mol. The molecule has 0 spiro atoms. The highest BCUT2D eigenvalue weighted by atomic mass is 14.6. The molecular formula is C12H23N. The van der Waals surface area contributed by atoms with Gasteiger partial charge in [-0.3, -0.25) is 0 Å². The van der Waals surface area contributed by atoms with Gasteiger partial charge < -0.3 is 5.73 Å². The molecule has 0 aromatic heterocycles. The maximum absolute atomic E-state index is 5.55. The van der Waals surface area contributed by atoms with Crippen molar-refractivity contribution in [1.29, 1.82) is 0 Å². The zero-order chi connectivity index (χ0) is 9.94. The summed E-state index contributed by atoms with van der Waals surface area (Å²) < 4.78 is 0. The van der Waals surface area contributed by atoms with Gasteiger partial charge in [-0.25, -0.2) is 0 Å². The van der Waals surface area contributed by atoms with E-state index < -0.39 is 0 Å². The van der Waals surface area contributed by atoms with E-state index in [1.165, 1.54) is 32.1 Å². The number of allylic oxidation sites excluding steroid dienone is 3. The van der Waals surface area contributed by atoms with Crippen LogP contribution in [0.1, 0.15) is 46.0 Å². The summed E-state index contributed by atoms with van der Waals surface area (Å²) in [5, 5.41) is 0. The van der Waals surface area contributed by atoms with Crippen LogP contribution < -0.4 is 5.73 Å². The second kappa shape index (κ2) is 9.53. The summed E-state index contributed by atoms with van der Waals surface area (Å²) in [7, 11) is 0. The molecule has 0 saturated carbocycles. The van der Waals surface area contributed by atoms with Gasteiger partial charge in [-0.1, -0.05) is 50.5 Å². The van der Waals surface area contributed by atoms with Crippen LogP contribution >= 0.6 is 0 Å². The van der Waals surface area contributed by atoms with E-state index in [9.17, 15) is 0 Å². The molecule has 0 amide bonds. The average Bonchev–Trinajstić information content (AvgIpc) is 2.09. The van der Waals surface area contributed by atoms with Gasteiger partial charge in [-0.05, 0) is 19.8 Å². The lowest BCUT2D eigenvalue weighted by atomic mass is 10.1. The molecule has 0 heterocycles. The summed E-state index contributed by atoms with van der Waals surface area (Å²) in [6.07, 6.45) is 14.9. The molecule has 0 aromatic carbocycles. The number of hydrogen-bond donors (Lipinski definition) is 1. The van der Waals surface area contributed by atoms with Gasteiger partial charge in [0.15, 0.2) is 0 Å². The van der Waals surface area contributed by atoms with Crippen LogP contribution in [0.2, 0.25) is 0 Å². The minimum atomic E-state index is 0.171. The molecule has 76 valence electrons. The molecule has 0 saturated heterocycles. The lowest BCUT2D eigenvalue weighted by Crippen LogP contribution is -2.09. The van der Waals surface area contributed by atoms with Crippen molar-refractivity contribution >= 4 is 0 Å². The Hall–Kier alpha value is -0.560. The van der Waals surface area contributed by atoms with Crippen LogP contribution in [-0.4, -0.2) is 6.04 Å². The van der Waals surface area contributed by atoms with E-state index >= 15 is 0 Å². The summed E-state index contributed by atoms with van der Waals surface area (Å²) in [5.74, 6) is 0. The lowest BCUT2D eigenvalue weighted by molar-refractivity contribution is 0.674. The summed E-state index contributed by atoms with van der Waals surface area (Å²) in [4.78, 5) is 0. The minimum absolute atomic E-state index is 0.171. The second-order valence-electron chi connectivity index (χ2n) is 3.52. The third kappa shape index (κ3) is 11.4. The van der Waals surface area contributed by atoms with Crippen LogP contribution in [0, 0.1) is 0 Å². The topological polar surface area (TPSA) is 26.0 Å². The third-order valence-electron chi connectivity index (χ3n) is 1.89. The molecule has 1 heteroatoms. The van der Waals surface area contributed by atoms with Crippen molar-refractivity contribution in [1.82, 2.24) is 0 Å². The maximum Gasteiger partial charge on any atom is 0.0197 e. The highest BCUT2D eigenvalue weighted by Gasteiger charge is 1.83. The first-order valence-electron chi connectivity index (χ1n) is 5.36. The Morgan fingerprint density at radius 1 is 1.15 bits per heavy atom. The standard InChI is InChI=1S/C12H23N/c1-3-4-5-6-7-8-9-10-11-12(2)13/h8-12H,3-7,13H2,1-2H3/b9-8-,11-10+. The van der Waals surface area contributed by atoms with Crippen molar-refractivity contribution in [2.24, 2.45) is 5.73 Å². The molecule has 1 atom stereocenters.